The molecule has 1 aromatic heterocycles. The molecular formula is C11H16ClFN4. The molecule has 17 heavy (non-hydrogen) atoms. The Morgan fingerprint density at radius 3 is 2.65 bits per heavy atom. The first-order chi connectivity index (χ1) is 7.99. The zero-order valence-corrected chi connectivity index (χ0v) is 11.0. The van der Waals surface area contributed by atoms with Crippen molar-refractivity contribution in [2.45, 2.75) is 13.0 Å². The highest BCUT2D eigenvalue weighted by Crippen LogP contribution is 2.23. The number of aryl methyl sites for hydroxylation is 1. The Hall–Kier alpha value is -0.780. The van der Waals surface area contributed by atoms with Crippen molar-refractivity contribution < 1.29 is 4.39 Å². The molecule has 0 spiro atoms. The Kier molecular flexibility index (Phi) is 3.61. The van der Waals surface area contributed by atoms with E-state index in [1.807, 2.05) is 7.05 Å². The summed E-state index contributed by atoms with van der Waals surface area (Å²) in [5, 5.41) is -0.0888. The standard InChI is InChI=1S/C11H16ClFN4/c1-7-9(13)10(12)15-11(14-7)8-6-16(2)4-5-17(8)3/h8H,4-6H2,1-3H3. The number of halogens is 2. The summed E-state index contributed by atoms with van der Waals surface area (Å²) < 4.78 is 13.4. The Bertz CT molecular complexity index is 403. The van der Waals surface area contributed by atoms with Gasteiger partial charge in [0.05, 0.1) is 11.7 Å². The molecular weight excluding hydrogens is 243 g/mol. The number of piperazine rings is 1. The zero-order chi connectivity index (χ0) is 12.6. The van der Waals surface area contributed by atoms with Crippen LogP contribution in [0.3, 0.4) is 0 Å². The first kappa shape index (κ1) is 12.7. The molecule has 1 fully saturated rings. The minimum Gasteiger partial charge on any atom is -0.303 e. The van der Waals surface area contributed by atoms with Gasteiger partial charge in [-0.2, -0.15) is 0 Å². The predicted octanol–water partition coefficient (Wildman–Crippen LogP) is 1.50. The third-order valence-electron chi connectivity index (χ3n) is 3.14. The number of nitrogens with zero attached hydrogens (tertiary/aromatic N) is 4. The van der Waals surface area contributed by atoms with Crippen molar-refractivity contribution in [2.24, 2.45) is 0 Å². The van der Waals surface area contributed by atoms with Gasteiger partial charge in [0, 0.05) is 19.6 Å². The van der Waals surface area contributed by atoms with Crippen LogP contribution >= 0.6 is 11.6 Å². The molecule has 1 aromatic rings. The maximum Gasteiger partial charge on any atom is 0.181 e. The van der Waals surface area contributed by atoms with Crippen molar-refractivity contribution in [2.75, 3.05) is 33.7 Å². The molecule has 1 aliphatic rings. The van der Waals surface area contributed by atoms with Crippen LogP contribution in [0.15, 0.2) is 0 Å². The van der Waals surface area contributed by atoms with Gasteiger partial charge in [0.15, 0.2) is 11.0 Å². The number of likely N-dealkylation sites (N-methyl/N-ethyl adjacent to an activating group) is 2. The summed E-state index contributed by atoms with van der Waals surface area (Å²) in [6.07, 6.45) is 0. The summed E-state index contributed by atoms with van der Waals surface area (Å²) in [6.45, 7) is 4.40. The van der Waals surface area contributed by atoms with Crippen LogP contribution in [0.25, 0.3) is 0 Å². The summed E-state index contributed by atoms with van der Waals surface area (Å²) in [6, 6.07) is 0.0746. The quantitative estimate of drug-likeness (QED) is 0.715. The Labute approximate surface area is 105 Å². The summed E-state index contributed by atoms with van der Waals surface area (Å²) >= 11 is 5.76. The SMILES string of the molecule is Cc1nc(C2CN(C)CCN2C)nc(Cl)c1F. The molecule has 0 bridgehead atoms. The van der Waals surface area contributed by atoms with Gasteiger partial charge in [-0.05, 0) is 21.0 Å². The molecule has 2 heterocycles. The number of aromatic nitrogens is 2. The lowest BCUT2D eigenvalue weighted by molar-refractivity contribution is 0.109. The van der Waals surface area contributed by atoms with Crippen LogP contribution in [-0.4, -0.2) is 53.5 Å². The first-order valence-corrected chi connectivity index (χ1v) is 5.95. The molecule has 1 saturated heterocycles. The van der Waals surface area contributed by atoms with Gasteiger partial charge in [-0.1, -0.05) is 11.6 Å². The van der Waals surface area contributed by atoms with Gasteiger partial charge in [-0.25, -0.2) is 14.4 Å². The van der Waals surface area contributed by atoms with Gasteiger partial charge in [0.25, 0.3) is 0 Å². The average Bonchev–Trinajstić information content (AvgIpc) is 2.28. The van der Waals surface area contributed by atoms with Gasteiger partial charge >= 0.3 is 0 Å². The van der Waals surface area contributed by atoms with E-state index in [9.17, 15) is 4.39 Å². The van der Waals surface area contributed by atoms with Gasteiger partial charge in [-0.3, -0.25) is 4.90 Å². The lowest BCUT2D eigenvalue weighted by atomic mass is 10.1. The first-order valence-electron chi connectivity index (χ1n) is 5.57. The fourth-order valence-corrected chi connectivity index (χ4v) is 2.21. The van der Waals surface area contributed by atoms with Crippen LogP contribution in [0.4, 0.5) is 4.39 Å². The molecule has 1 unspecified atom stereocenters. The Balaban J connectivity index is 2.32. The van der Waals surface area contributed by atoms with Crippen LogP contribution in [0.2, 0.25) is 5.15 Å². The molecule has 94 valence electrons. The zero-order valence-electron chi connectivity index (χ0n) is 10.2. The van der Waals surface area contributed by atoms with Crippen LogP contribution < -0.4 is 0 Å². The van der Waals surface area contributed by atoms with E-state index in [2.05, 4.69) is 26.8 Å². The molecule has 0 aromatic carbocycles. The summed E-state index contributed by atoms with van der Waals surface area (Å²) in [5.41, 5.74) is 0.307. The van der Waals surface area contributed by atoms with Crippen molar-refractivity contribution in [3.8, 4) is 0 Å². The lowest BCUT2D eigenvalue weighted by Crippen LogP contribution is -2.45. The van der Waals surface area contributed by atoms with Crippen LogP contribution in [0, 0.1) is 12.7 Å². The third kappa shape index (κ3) is 2.56. The van der Waals surface area contributed by atoms with Crippen molar-refractivity contribution in [3.63, 3.8) is 0 Å². The molecule has 1 aliphatic heterocycles. The lowest BCUT2D eigenvalue weighted by Gasteiger charge is -2.36. The highest BCUT2D eigenvalue weighted by Gasteiger charge is 2.27. The second kappa shape index (κ2) is 4.84. The largest absolute Gasteiger partial charge is 0.303 e. The molecule has 4 nitrogen and oxygen atoms in total. The second-order valence-corrected chi connectivity index (χ2v) is 4.89. The number of hydrogen-bond donors (Lipinski definition) is 0. The molecule has 0 aliphatic carbocycles. The van der Waals surface area contributed by atoms with E-state index < -0.39 is 5.82 Å². The fourth-order valence-electron chi connectivity index (χ4n) is 1.98. The van der Waals surface area contributed by atoms with Gasteiger partial charge in [-0.15, -0.1) is 0 Å². The fraction of sp³-hybridized carbons (Fsp3) is 0.636. The van der Waals surface area contributed by atoms with Crippen LogP contribution in [-0.2, 0) is 0 Å². The monoisotopic (exact) mass is 258 g/mol. The van der Waals surface area contributed by atoms with Crippen molar-refractivity contribution in [1.29, 1.82) is 0 Å². The predicted molar refractivity (Wildman–Crippen MR) is 64.6 cm³/mol. The molecule has 0 radical (unpaired) electrons. The van der Waals surface area contributed by atoms with Crippen molar-refractivity contribution >= 4 is 11.6 Å². The van der Waals surface area contributed by atoms with E-state index in [-0.39, 0.29) is 11.2 Å². The molecule has 0 amide bonds. The highest BCUT2D eigenvalue weighted by molar-refractivity contribution is 6.29. The normalized spacial score (nSPS) is 23.0. The summed E-state index contributed by atoms with van der Waals surface area (Å²) in [5.74, 6) is 0.0742. The number of rotatable bonds is 1. The minimum atomic E-state index is -0.526. The summed E-state index contributed by atoms with van der Waals surface area (Å²) in [4.78, 5) is 12.6. The second-order valence-electron chi connectivity index (χ2n) is 4.53. The number of hydrogen-bond acceptors (Lipinski definition) is 4. The topological polar surface area (TPSA) is 32.3 Å². The maximum atomic E-state index is 13.4. The van der Waals surface area contributed by atoms with Crippen LogP contribution in [0.1, 0.15) is 17.6 Å². The van der Waals surface area contributed by atoms with Crippen molar-refractivity contribution in [3.05, 3.63) is 22.5 Å². The van der Waals surface area contributed by atoms with Gasteiger partial charge < -0.3 is 4.90 Å². The molecule has 2 rings (SSSR count). The van der Waals surface area contributed by atoms with E-state index in [0.29, 0.717) is 11.5 Å². The summed E-state index contributed by atoms with van der Waals surface area (Å²) in [7, 11) is 4.08. The Morgan fingerprint density at radius 2 is 2.00 bits per heavy atom. The Morgan fingerprint density at radius 1 is 1.29 bits per heavy atom. The van der Waals surface area contributed by atoms with E-state index in [1.165, 1.54) is 0 Å². The molecule has 6 heteroatoms. The smallest absolute Gasteiger partial charge is 0.181 e. The maximum absolute atomic E-state index is 13.4. The van der Waals surface area contributed by atoms with E-state index in [1.54, 1.807) is 6.92 Å². The van der Waals surface area contributed by atoms with Crippen molar-refractivity contribution in [1.82, 2.24) is 19.8 Å². The highest BCUT2D eigenvalue weighted by atomic mass is 35.5. The third-order valence-corrected chi connectivity index (χ3v) is 3.39. The minimum absolute atomic E-state index is 0.0746. The van der Waals surface area contributed by atoms with Crippen LogP contribution in [0.5, 0.6) is 0 Å². The van der Waals surface area contributed by atoms with Gasteiger partial charge in [0.1, 0.15) is 5.82 Å². The molecule has 0 N–H and O–H groups in total. The van der Waals surface area contributed by atoms with E-state index >= 15 is 0 Å². The molecule has 0 saturated carbocycles. The molecule has 1 atom stereocenters. The average molecular weight is 259 g/mol. The van der Waals surface area contributed by atoms with E-state index in [0.717, 1.165) is 19.6 Å². The van der Waals surface area contributed by atoms with E-state index in [4.69, 9.17) is 11.6 Å². The van der Waals surface area contributed by atoms with Gasteiger partial charge in [0.2, 0.25) is 0 Å².